The molecular formula is C15H17N5O. The predicted octanol–water partition coefficient (Wildman–Crippen LogP) is 1.56. The summed E-state index contributed by atoms with van der Waals surface area (Å²) in [5, 5.41) is 14.1. The first-order chi connectivity index (χ1) is 10.3. The third-order valence-electron chi connectivity index (χ3n) is 3.80. The van der Waals surface area contributed by atoms with Gasteiger partial charge in [0.1, 0.15) is 0 Å². The third-order valence-corrected chi connectivity index (χ3v) is 3.80. The van der Waals surface area contributed by atoms with Crippen molar-refractivity contribution in [2.24, 2.45) is 0 Å². The Morgan fingerprint density at radius 1 is 1.33 bits per heavy atom. The highest BCUT2D eigenvalue weighted by atomic mass is 16.1. The van der Waals surface area contributed by atoms with Crippen molar-refractivity contribution in [3.63, 3.8) is 0 Å². The zero-order valence-corrected chi connectivity index (χ0v) is 11.9. The minimum Gasteiger partial charge on any atom is -0.292 e. The number of nitrogens with zero attached hydrogens (tertiary/aromatic N) is 4. The van der Waals surface area contributed by atoms with E-state index in [0.29, 0.717) is 12.4 Å². The van der Waals surface area contributed by atoms with Crippen LogP contribution in [0.15, 0.2) is 36.4 Å². The SMILES string of the molecule is CC(C(=O)c1ccccc1)N1CCC=C(c2nn[nH]n2)C1. The summed E-state index contributed by atoms with van der Waals surface area (Å²) in [6.07, 6.45) is 3.00. The van der Waals surface area contributed by atoms with Gasteiger partial charge in [0, 0.05) is 24.2 Å². The fraction of sp³-hybridized carbons (Fsp3) is 0.333. The molecule has 0 amide bonds. The molecule has 6 heteroatoms. The number of rotatable bonds is 4. The Hall–Kier alpha value is -2.34. The minimum atomic E-state index is -0.164. The molecule has 1 aliphatic heterocycles. The number of nitrogens with one attached hydrogen (secondary N) is 1. The van der Waals surface area contributed by atoms with Gasteiger partial charge in [0.2, 0.25) is 5.82 Å². The lowest BCUT2D eigenvalue weighted by molar-refractivity contribution is 0.0853. The standard InChI is InChI=1S/C15H17N5O/c1-11(14(21)12-6-3-2-4-7-12)20-9-5-8-13(10-20)15-16-18-19-17-15/h2-4,6-8,11H,5,9-10H2,1H3,(H,16,17,18,19). The highest BCUT2D eigenvalue weighted by Crippen LogP contribution is 2.20. The summed E-state index contributed by atoms with van der Waals surface area (Å²) in [6.45, 7) is 3.48. The van der Waals surface area contributed by atoms with Gasteiger partial charge in [-0.3, -0.25) is 9.69 Å². The van der Waals surface area contributed by atoms with Gasteiger partial charge < -0.3 is 0 Å². The maximum atomic E-state index is 12.5. The number of aromatic nitrogens is 4. The van der Waals surface area contributed by atoms with Gasteiger partial charge in [-0.05, 0) is 18.6 Å². The number of carbonyl (C=O) groups is 1. The predicted molar refractivity (Wildman–Crippen MR) is 78.6 cm³/mol. The number of carbonyl (C=O) groups excluding carboxylic acids is 1. The number of ketones is 1. The highest BCUT2D eigenvalue weighted by molar-refractivity contribution is 5.99. The second-order valence-corrected chi connectivity index (χ2v) is 5.13. The lowest BCUT2D eigenvalue weighted by Crippen LogP contribution is -2.42. The Kier molecular flexibility index (Phi) is 3.87. The molecular weight excluding hydrogens is 266 g/mol. The molecule has 6 nitrogen and oxygen atoms in total. The van der Waals surface area contributed by atoms with Crippen LogP contribution in [0.3, 0.4) is 0 Å². The molecule has 0 spiro atoms. The van der Waals surface area contributed by atoms with Crippen LogP contribution in [0.2, 0.25) is 0 Å². The molecule has 1 N–H and O–H groups in total. The average molecular weight is 283 g/mol. The first-order valence-corrected chi connectivity index (χ1v) is 7.02. The van der Waals surface area contributed by atoms with Crippen LogP contribution in [0, 0.1) is 0 Å². The monoisotopic (exact) mass is 283 g/mol. The van der Waals surface area contributed by atoms with Gasteiger partial charge in [-0.25, -0.2) is 0 Å². The molecule has 108 valence electrons. The summed E-state index contributed by atoms with van der Waals surface area (Å²) in [6, 6.07) is 9.25. The van der Waals surface area contributed by atoms with Crippen LogP contribution in [0.1, 0.15) is 29.5 Å². The number of benzene rings is 1. The number of hydrogen-bond acceptors (Lipinski definition) is 5. The quantitative estimate of drug-likeness (QED) is 0.862. The first-order valence-electron chi connectivity index (χ1n) is 7.02. The zero-order valence-electron chi connectivity index (χ0n) is 11.9. The number of H-pyrrole nitrogens is 1. The highest BCUT2D eigenvalue weighted by Gasteiger charge is 2.26. The first kappa shape index (κ1) is 13.6. The largest absolute Gasteiger partial charge is 0.292 e. The van der Waals surface area contributed by atoms with Gasteiger partial charge in [-0.15, -0.1) is 10.2 Å². The van der Waals surface area contributed by atoms with E-state index in [2.05, 4.69) is 31.6 Å². The van der Waals surface area contributed by atoms with Crippen LogP contribution in [0.25, 0.3) is 5.57 Å². The van der Waals surface area contributed by atoms with E-state index in [-0.39, 0.29) is 11.8 Å². The van der Waals surface area contributed by atoms with Crippen molar-refractivity contribution in [2.75, 3.05) is 13.1 Å². The Morgan fingerprint density at radius 3 is 2.86 bits per heavy atom. The molecule has 0 bridgehead atoms. The number of hydrogen-bond donors (Lipinski definition) is 1. The molecule has 0 radical (unpaired) electrons. The Labute approximate surface area is 122 Å². The van der Waals surface area contributed by atoms with Crippen LogP contribution in [0.5, 0.6) is 0 Å². The summed E-state index contributed by atoms with van der Waals surface area (Å²) < 4.78 is 0. The molecule has 21 heavy (non-hydrogen) atoms. The molecule has 0 saturated carbocycles. The number of Topliss-reactive ketones (excluding diaryl/α,β-unsaturated/α-hetero) is 1. The molecule has 1 aliphatic rings. The summed E-state index contributed by atoms with van der Waals surface area (Å²) in [5.74, 6) is 0.754. The van der Waals surface area contributed by atoms with Crippen molar-refractivity contribution in [2.45, 2.75) is 19.4 Å². The van der Waals surface area contributed by atoms with E-state index in [1.807, 2.05) is 37.3 Å². The summed E-state index contributed by atoms with van der Waals surface area (Å²) >= 11 is 0. The molecule has 0 saturated heterocycles. The van der Waals surface area contributed by atoms with Gasteiger partial charge >= 0.3 is 0 Å². The van der Waals surface area contributed by atoms with Crippen molar-refractivity contribution >= 4 is 11.4 Å². The van der Waals surface area contributed by atoms with E-state index in [4.69, 9.17) is 0 Å². The molecule has 1 aromatic heterocycles. The second-order valence-electron chi connectivity index (χ2n) is 5.13. The van der Waals surface area contributed by atoms with Gasteiger partial charge in [0.05, 0.1) is 6.04 Å². The molecule has 1 aromatic carbocycles. The molecule has 0 aliphatic carbocycles. The Morgan fingerprint density at radius 2 is 2.14 bits per heavy atom. The van der Waals surface area contributed by atoms with E-state index < -0.39 is 0 Å². The van der Waals surface area contributed by atoms with Crippen molar-refractivity contribution < 1.29 is 4.79 Å². The van der Waals surface area contributed by atoms with Crippen molar-refractivity contribution in [1.82, 2.24) is 25.5 Å². The van der Waals surface area contributed by atoms with Gasteiger partial charge in [0.25, 0.3) is 0 Å². The maximum absolute atomic E-state index is 12.5. The zero-order chi connectivity index (χ0) is 14.7. The van der Waals surface area contributed by atoms with E-state index >= 15 is 0 Å². The summed E-state index contributed by atoms with van der Waals surface area (Å²) in [5.41, 5.74) is 1.77. The summed E-state index contributed by atoms with van der Waals surface area (Å²) in [7, 11) is 0. The normalized spacial score (nSPS) is 17.3. The Bertz CT molecular complexity index is 635. The smallest absolute Gasteiger partial charge is 0.201 e. The Balaban J connectivity index is 1.73. The van der Waals surface area contributed by atoms with Gasteiger partial charge in [-0.2, -0.15) is 5.21 Å². The second kappa shape index (κ2) is 5.97. The summed E-state index contributed by atoms with van der Waals surface area (Å²) in [4.78, 5) is 14.7. The van der Waals surface area contributed by atoms with Gasteiger partial charge in [0.15, 0.2) is 5.78 Å². The third kappa shape index (κ3) is 2.90. The van der Waals surface area contributed by atoms with Crippen molar-refractivity contribution in [3.05, 3.63) is 47.8 Å². The van der Waals surface area contributed by atoms with Crippen molar-refractivity contribution in [1.29, 1.82) is 0 Å². The van der Waals surface area contributed by atoms with Crippen molar-refractivity contribution in [3.8, 4) is 0 Å². The minimum absolute atomic E-state index is 0.143. The van der Waals surface area contributed by atoms with Crippen LogP contribution in [-0.4, -0.2) is 50.4 Å². The fourth-order valence-electron chi connectivity index (χ4n) is 2.57. The van der Waals surface area contributed by atoms with Crippen LogP contribution in [0.4, 0.5) is 0 Å². The lowest BCUT2D eigenvalue weighted by atomic mass is 10.0. The van der Waals surface area contributed by atoms with Crippen LogP contribution >= 0.6 is 0 Å². The maximum Gasteiger partial charge on any atom is 0.201 e. The molecule has 2 aromatic rings. The molecule has 3 rings (SSSR count). The van der Waals surface area contributed by atoms with E-state index in [0.717, 1.165) is 24.1 Å². The van der Waals surface area contributed by atoms with Crippen LogP contribution < -0.4 is 0 Å². The molecule has 0 fully saturated rings. The van der Waals surface area contributed by atoms with E-state index in [9.17, 15) is 4.79 Å². The van der Waals surface area contributed by atoms with E-state index in [1.54, 1.807) is 0 Å². The molecule has 1 atom stereocenters. The molecule has 2 heterocycles. The van der Waals surface area contributed by atoms with Crippen LogP contribution in [-0.2, 0) is 0 Å². The average Bonchev–Trinajstić information content (AvgIpc) is 3.09. The molecule has 1 unspecified atom stereocenters. The number of aromatic amines is 1. The van der Waals surface area contributed by atoms with E-state index in [1.165, 1.54) is 0 Å². The number of tetrazole rings is 1. The lowest BCUT2D eigenvalue weighted by Gasteiger charge is -2.31. The van der Waals surface area contributed by atoms with Gasteiger partial charge in [-0.1, -0.05) is 36.4 Å². The fourth-order valence-corrected chi connectivity index (χ4v) is 2.57. The topological polar surface area (TPSA) is 74.8 Å².